The second-order valence-corrected chi connectivity index (χ2v) is 6.66. The second kappa shape index (κ2) is 7.28. The van der Waals surface area contributed by atoms with Crippen molar-refractivity contribution in [3.63, 3.8) is 0 Å². The molecule has 0 radical (unpaired) electrons. The van der Waals surface area contributed by atoms with Crippen LogP contribution in [-0.2, 0) is 11.2 Å². The standard InChI is InChI=1S/C20H20ClNO3/c1-3-4-9-25-20(24)19-12(2)18-16(22-19)10-14(11-17(18)23)13-5-7-15(21)8-6-13/h3-8,14,22H,9-11H2,1-2H3. The fraction of sp³-hybridized carbons (Fsp3) is 0.300. The minimum atomic E-state index is -0.430. The summed E-state index contributed by atoms with van der Waals surface area (Å²) in [6, 6.07) is 7.57. The van der Waals surface area contributed by atoms with Crippen LogP contribution < -0.4 is 0 Å². The van der Waals surface area contributed by atoms with Crippen LogP contribution in [0.2, 0.25) is 5.02 Å². The van der Waals surface area contributed by atoms with E-state index in [1.54, 1.807) is 13.0 Å². The molecule has 0 bridgehead atoms. The van der Waals surface area contributed by atoms with Gasteiger partial charge in [0, 0.05) is 22.7 Å². The van der Waals surface area contributed by atoms with E-state index in [-0.39, 0.29) is 18.3 Å². The summed E-state index contributed by atoms with van der Waals surface area (Å²) >= 11 is 5.94. The largest absolute Gasteiger partial charge is 0.457 e. The Kier molecular flexibility index (Phi) is 5.09. The third-order valence-electron chi connectivity index (χ3n) is 4.58. The molecule has 1 unspecified atom stereocenters. The van der Waals surface area contributed by atoms with Crippen LogP contribution in [-0.4, -0.2) is 23.3 Å². The highest BCUT2D eigenvalue weighted by atomic mass is 35.5. The number of ketones is 1. The number of nitrogens with one attached hydrogen (secondary N) is 1. The number of rotatable bonds is 4. The molecule has 0 fully saturated rings. The number of aromatic amines is 1. The van der Waals surface area contributed by atoms with Gasteiger partial charge in [0.25, 0.3) is 0 Å². The van der Waals surface area contributed by atoms with Crippen LogP contribution >= 0.6 is 11.6 Å². The lowest BCUT2D eigenvalue weighted by molar-refractivity contribution is 0.0542. The summed E-state index contributed by atoms with van der Waals surface area (Å²) in [6.45, 7) is 3.88. The lowest BCUT2D eigenvalue weighted by Crippen LogP contribution is -2.18. The van der Waals surface area contributed by atoms with Gasteiger partial charge in [-0.3, -0.25) is 4.79 Å². The summed E-state index contributed by atoms with van der Waals surface area (Å²) < 4.78 is 5.20. The van der Waals surface area contributed by atoms with Crippen molar-refractivity contribution in [3.8, 4) is 0 Å². The fourth-order valence-corrected chi connectivity index (χ4v) is 3.43. The van der Waals surface area contributed by atoms with E-state index in [0.717, 1.165) is 11.3 Å². The predicted octanol–water partition coefficient (Wildman–Crippen LogP) is 4.62. The number of hydrogen-bond donors (Lipinski definition) is 1. The van der Waals surface area contributed by atoms with Gasteiger partial charge >= 0.3 is 5.97 Å². The molecule has 3 rings (SSSR count). The average Bonchev–Trinajstić information content (AvgIpc) is 2.93. The molecule has 1 aromatic carbocycles. The highest BCUT2D eigenvalue weighted by molar-refractivity contribution is 6.30. The summed E-state index contributed by atoms with van der Waals surface area (Å²) in [5, 5.41) is 0.674. The number of halogens is 1. The summed E-state index contributed by atoms with van der Waals surface area (Å²) in [4.78, 5) is 28.0. The summed E-state index contributed by atoms with van der Waals surface area (Å²) in [6.07, 6.45) is 4.70. The number of esters is 1. The van der Waals surface area contributed by atoms with Gasteiger partial charge in [-0.05, 0) is 49.4 Å². The quantitative estimate of drug-likeness (QED) is 0.641. The van der Waals surface area contributed by atoms with Gasteiger partial charge in [0.05, 0.1) is 0 Å². The molecule has 5 heteroatoms. The van der Waals surface area contributed by atoms with E-state index in [1.165, 1.54) is 0 Å². The highest BCUT2D eigenvalue weighted by Gasteiger charge is 2.32. The summed E-state index contributed by atoms with van der Waals surface area (Å²) in [5.74, 6) is -0.287. The molecule has 25 heavy (non-hydrogen) atoms. The molecular formula is C20H20ClNO3. The number of ether oxygens (including phenoxy) is 1. The van der Waals surface area contributed by atoms with Crippen molar-refractivity contribution in [1.82, 2.24) is 4.98 Å². The molecule has 1 aliphatic carbocycles. The average molecular weight is 358 g/mol. The van der Waals surface area contributed by atoms with E-state index in [9.17, 15) is 9.59 Å². The zero-order chi connectivity index (χ0) is 18.0. The topological polar surface area (TPSA) is 59.2 Å². The fourth-order valence-electron chi connectivity index (χ4n) is 3.30. The van der Waals surface area contributed by atoms with Crippen molar-refractivity contribution in [2.24, 2.45) is 0 Å². The van der Waals surface area contributed by atoms with E-state index in [4.69, 9.17) is 16.3 Å². The molecular weight excluding hydrogens is 338 g/mol. The maximum Gasteiger partial charge on any atom is 0.355 e. The molecule has 0 saturated carbocycles. The number of benzene rings is 1. The molecule has 4 nitrogen and oxygen atoms in total. The maximum atomic E-state index is 12.6. The van der Waals surface area contributed by atoms with Crippen molar-refractivity contribution in [1.29, 1.82) is 0 Å². The number of carbonyl (C=O) groups is 2. The van der Waals surface area contributed by atoms with Gasteiger partial charge in [0.2, 0.25) is 0 Å². The molecule has 2 aromatic rings. The van der Waals surface area contributed by atoms with Crippen molar-refractivity contribution in [2.75, 3.05) is 6.61 Å². The van der Waals surface area contributed by atoms with Crippen molar-refractivity contribution in [3.05, 3.63) is 69.5 Å². The molecule has 0 saturated heterocycles. The van der Waals surface area contributed by atoms with Gasteiger partial charge in [-0.2, -0.15) is 0 Å². The molecule has 1 atom stereocenters. The number of Topliss-reactive ketones (excluding diaryl/α,β-unsaturated/α-hetero) is 1. The first-order valence-electron chi connectivity index (χ1n) is 8.29. The first kappa shape index (κ1) is 17.5. The predicted molar refractivity (Wildman–Crippen MR) is 97.5 cm³/mol. The van der Waals surface area contributed by atoms with E-state index in [0.29, 0.717) is 34.7 Å². The lowest BCUT2D eigenvalue weighted by atomic mass is 9.81. The minimum Gasteiger partial charge on any atom is -0.457 e. The van der Waals surface area contributed by atoms with Crippen LogP contribution in [0, 0.1) is 6.92 Å². The van der Waals surface area contributed by atoms with Crippen LogP contribution in [0.25, 0.3) is 0 Å². The molecule has 130 valence electrons. The molecule has 0 amide bonds. The maximum absolute atomic E-state index is 12.6. The smallest absolute Gasteiger partial charge is 0.355 e. The van der Waals surface area contributed by atoms with Crippen molar-refractivity contribution < 1.29 is 14.3 Å². The van der Waals surface area contributed by atoms with Gasteiger partial charge in [0.1, 0.15) is 12.3 Å². The normalized spacial score (nSPS) is 16.9. The Bertz CT molecular complexity index is 833. The molecule has 1 heterocycles. The number of fused-ring (bicyclic) bond motifs is 1. The van der Waals surface area contributed by atoms with E-state index in [1.807, 2.05) is 37.3 Å². The molecule has 0 aliphatic heterocycles. The monoisotopic (exact) mass is 357 g/mol. The number of carbonyl (C=O) groups excluding carboxylic acids is 2. The van der Waals surface area contributed by atoms with Gasteiger partial charge in [0.15, 0.2) is 5.78 Å². The molecule has 1 N–H and O–H groups in total. The SMILES string of the molecule is CC=CCOC(=O)c1[nH]c2c(c1C)C(=O)CC(c1ccc(Cl)cc1)C2. The Labute approximate surface area is 151 Å². The van der Waals surface area contributed by atoms with Gasteiger partial charge in [-0.25, -0.2) is 4.79 Å². The zero-order valence-electron chi connectivity index (χ0n) is 14.3. The van der Waals surface area contributed by atoms with Gasteiger partial charge < -0.3 is 9.72 Å². The number of allylic oxidation sites excluding steroid dienone is 1. The third-order valence-corrected chi connectivity index (χ3v) is 4.83. The Morgan fingerprint density at radius 2 is 2.04 bits per heavy atom. The third kappa shape index (κ3) is 3.54. The van der Waals surface area contributed by atoms with E-state index < -0.39 is 5.97 Å². The Morgan fingerprint density at radius 1 is 1.32 bits per heavy atom. The van der Waals surface area contributed by atoms with Gasteiger partial charge in [-0.15, -0.1) is 0 Å². The zero-order valence-corrected chi connectivity index (χ0v) is 15.0. The highest BCUT2D eigenvalue weighted by Crippen LogP contribution is 2.35. The second-order valence-electron chi connectivity index (χ2n) is 6.23. The summed E-state index contributed by atoms with van der Waals surface area (Å²) in [7, 11) is 0. The first-order valence-corrected chi connectivity index (χ1v) is 8.67. The van der Waals surface area contributed by atoms with Gasteiger partial charge in [-0.1, -0.05) is 35.9 Å². The van der Waals surface area contributed by atoms with E-state index >= 15 is 0 Å². The van der Waals surface area contributed by atoms with Crippen LogP contribution in [0.15, 0.2) is 36.4 Å². The Morgan fingerprint density at radius 3 is 2.72 bits per heavy atom. The van der Waals surface area contributed by atoms with Crippen LogP contribution in [0.1, 0.15) is 56.9 Å². The minimum absolute atomic E-state index is 0.0578. The number of aromatic nitrogens is 1. The number of hydrogen-bond acceptors (Lipinski definition) is 3. The lowest BCUT2D eigenvalue weighted by Gasteiger charge is -2.22. The molecule has 0 spiro atoms. The first-order chi connectivity index (χ1) is 12.0. The molecule has 1 aliphatic rings. The Balaban J connectivity index is 1.86. The molecule has 1 aromatic heterocycles. The van der Waals surface area contributed by atoms with Crippen LogP contribution in [0.5, 0.6) is 0 Å². The Hall–Kier alpha value is -2.33. The van der Waals surface area contributed by atoms with Crippen LogP contribution in [0.3, 0.4) is 0 Å². The van der Waals surface area contributed by atoms with Crippen LogP contribution in [0.4, 0.5) is 0 Å². The van der Waals surface area contributed by atoms with Crippen molar-refractivity contribution in [2.45, 2.75) is 32.6 Å². The van der Waals surface area contributed by atoms with Crippen molar-refractivity contribution >= 4 is 23.4 Å². The van der Waals surface area contributed by atoms with E-state index in [2.05, 4.69) is 4.98 Å². The summed E-state index contributed by atoms with van der Waals surface area (Å²) in [5.41, 5.74) is 3.59. The number of H-pyrrole nitrogens is 1.